The maximum absolute atomic E-state index is 12.2. The minimum Gasteiger partial charge on any atom is -0.468 e. The molecule has 2 aromatic rings. The number of carbonyl (C=O) groups is 1. The number of nitrogens with one attached hydrogen (secondary N) is 2. The molecule has 0 unspecified atom stereocenters. The van der Waals surface area contributed by atoms with Crippen LogP contribution in [-0.4, -0.2) is 20.9 Å². The number of benzene rings is 1. The first-order valence-corrected chi connectivity index (χ1v) is 8.51. The summed E-state index contributed by atoms with van der Waals surface area (Å²) >= 11 is 0. The molecular weight excluding hydrogens is 328 g/mol. The number of hydrogen-bond donors (Lipinski definition) is 2. The molecule has 0 fully saturated rings. The van der Waals surface area contributed by atoms with Crippen LogP contribution in [0.25, 0.3) is 6.08 Å². The fourth-order valence-electron chi connectivity index (χ4n) is 1.79. The lowest BCUT2D eigenvalue weighted by molar-refractivity contribution is -0.116. The van der Waals surface area contributed by atoms with Crippen molar-refractivity contribution < 1.29 is 17.6 Å². The van der Waals surface area contributed by atoms with Gasteiger partial charge in [-0.3, -0.25) is 4.79 Å². The summed E-state index contributed by atoms with van der Waals surface area (Å²) in [4.78, 5) is 11.5. The van der Waals surface area contributed by atoms with Crippen molar-refractivity contribution in [3.05, 3.63) is 60.1 Å². The molecule has 0 aliphatic heterocycles. The summed E-state index contributed by atoms with van der Waals surface area (Å²) in [6.45, 7) is 0.230. The van der Waals surface area contributed by atoms with Crippen molar-refractivity contribution in [1.82, 2.24) is 10.0 Å². The molecule has 0 saturated carbocycles. The summed E-state index contributed by atoms with van der Waals surface area (Å²) in [6, 6.07) is 9.50. The van der Waals surface area contributed by atoms with Gasteiger partial charge >= 0.3 is 0 Å². The zero-order valence-electron chi connectivity index (χ0n) is 12.7. The van der Waals surface area contributed by atoms with Gasteiger partial charge in [0.05, 0.1) is 24.2 Å². The van der Waals surface area contributed by atoms with E-state index in [2.05, 4.69) is 16.0 Å². The van der Waals surface area contributed by atoms with E-state index >= 15 is 0 Å². The largest absolute Gasteiger partial charge is 0.468 e. The molecule has 2 rings (SSSR count). The Bertz CT molecular complexity index is 845. The van der Waals surface area contributed by atoms with Crippen LogP contribution < -0.4 is 10.0 Å². The second-order valence-corrected chi connectivity index (χ2v) is 6.50. The first kappa shape index (κ1) is 17.5. The number of rotatable bonds is 7. The third kappa shape index (κ3) is 5.12. The van der Waals surface area contributed by atoms with Gasteiger partial charge in [0, 0.05) is 6.08 Å². The smallest absolute Gasteiger partial charge is 0.244 e. The Balaban J connectivity index is 1.99. The molecule has 0 radical (unpaired) electrons. The van der Waals surface area contributed by atoms with Gasteiger partial charge in [-0.15, -0.1) is 6.42 Å². The zero-order chi connectivity index (χ0) is 17.4. The molecule has 1 amide bonds. The van der Waals surface area contributed by atoms with Crippen molar-refractivity contribution in [3.63, 3.8) is 0 Å². The van der Waals surface area contributed by atoms with E-state index in [-0.39, 0.29) is 23.9 Å². The molecule has 1 heterocycles. The predicted octanol–water partition coefficient (Wildman–Crippen LogP) is 1.52. The first-order valence-electron chi connectivity index (χ1n) is 7.03. The monoisotopic (exact) mass is 344 g/mol. The van der Waals surface area contributed by atoms with Crippen LogP contribution in [0.4, 0.5) is 0 Å². The van der Waals surface area contributed by atoms with E-state index in [4.69, 9.17) is 10.8 Å². The molecule has 0 atom stereocenters. The predicted molar refractivity (Wildman–Crippen MR) is 90.1 cm³/mol. The van der Waals surface area contributed by atoms with Gasteiger partial charge in [0.2, 0.25) is 15.9 Å². The molecule has 2 N–H and O–H groups in total. The third-order valence-electron chi connectivity index (χ3n) is 3.00. The number of amides is 1. The Labute approximate surface area is 140 Å². The fraction of sp³-hybridized carbons (Fsp3) is 0.118. The van der Waals surface area contributed by atoms with Crippen LogP contribution >= 0.6 is 0 Å². The van der Waals surface area contributed by atoms with Gasteiger partial charge in [-0.05, 0) is 35.9 Å². The van der Waals surface area contributed by atoms with Crippen LogP contribution in [0.15, 0.2) is 58.1 Å². The maximum atomic E-state index is 12.2. The average molecular weight is 344 g/mol. The van der Waals surface area contributed by atoms with Gasteiger partial charge in [-0.2, -0.15) is 0 Å². The first-order chi connectivity index (χ1) is 11.5. The Hall–Kier alpha value is -2.82. The second kappa shape index (κ2) is 8.15. The minimum atomic E-state index is -3.63. The molecule has 1 aromatic heterocycles. The molecule has 24 heavy (non-hydrogen) atoms. The highest BCUT2D eigenvalue weighted by molar-refractivity contribution is 7.89. The average Bonchev–Trinajstić information content (AvgIpc) is 3.10. The van der Waals surface area contributed by atoms with Crippen molar-refractivity contribution >= 4 is 22.0 Å². The van der Waals surface area contributed by atoms with Crippen LogP contribution in [0, 0.1) is 12.3 Å². The van der Waals surface area contributed by atoms with Crippen molar-refractivity contribution in [2.24, 2.45) is 0 Å². The van der Waals surface area contributed by atoms with E-state index in [0.29, 0.717) is 11.3 Å². The minimum absolute atomic E-state index is 0.0757. The van der Waals surface area contributed by atoms with Gasteiger partial charge in [0.25, 0.3) is 0 Å². The number of terminal acetylenes is 1. The van der Waals surface area contributed by atoms with E-state index in [1.165, 1.54) is 24.5 Å². The fourth-order valence-corrected chi connectivity index (χ4v) is 2.78. The second-order valence-electron chi connectivity index (χ2n) is 4.73. The van der Waals surface area contributed by atoms with Crippen molar-refractivity contribution in [3.8, 4) is 12.3 Å². The topological polar surface area (TPSA) is 88.4 Å². The van der Waals surface area contributed by atoms with Gasteiger partial charge < -0.3 is 9.73 Å². The van der Waals surface area contributed by atoms with E-state index in [1.54, 1.807) is 30.3 Å². The van der Waals surface area contributed by atoms with E-state index < -0.39 is 10.0 Å². The maximum Gasteiger partial charge on any atom is 0.244 e. The molecule has 7 heteroatoms. The quantitative estimate of drug-likeness (QED) is 0.589. The Morgan fingerprint density at radius 3 is 2.62 bits per heavy atom. The molecule has 0 bridgehead atoms. The van der Waals surface area contributed by atoms with E-state index in [1.807, 2.05) is 0 Å². The summed E-state index contributed by atoms with van der Waals surface area (Å²) in [6.07, 6.45) is 9.41. The van der Waals surface area contributed by atoms with Crippen molar-refractivity contribution in [2.75, 3.05) is 6.54 Å². The van der Waals surface area contributed by atoms with Crippen LogP contribution in [0.3, 0.4) is 0 Å². The third-order valence-corrected chi connectivity index (χ3v) is 4.42. The molecule has 1 aromatic carbocycles. The SMILES string of the molecule is C#CCNC(=O)/C=C/c1ccc(S(=O)(=O)NCc2ccco2)cc1. The van der Waals surface area contributed by atoms with Gasteiger partial charge in [0.15, 0.2) is 0 Å². The highest BCUT2D eigenvalue weighted by Crippen LogP contribution is 2.12. The van der Waals surface area contributed by atoms with Crippen molar-refractivity contribution in [2.45, 2.75) is 11.4 Å². The van der Waals surface area contributed by atoms with Crippen LogP contribution in [0.1, 0.15) is 11.3 Å². The lowest BCUT2D eigenvalue weighted by atomic mass is 10.2. The summed E-state index contributed by atoms with van der Waals surface area (Å²) in [5, 5.41) is 2.49. The molecule has 0 saturated heterocycles. The van der Waals surface area contributed by atoms with E-state index in [0.717, 1.165) is 0 Å². The Morgan fingerprint density at radius 1 is 1.25 bits per heavy atom. The highest BCUT2D eigenvalue weighted by atomic mass is 32.2. The van der Waals surface area contributed by atoms with Gasteiger partial charge in [-0.25, -0.2) is 13.1 Å². The summed E-state index contributed by atoms with van der Waals surface area (Å²) < 4.78 is 31.9. The molecule has 0 aliphatic carbocycles. The lowest BCUT2D eigenvalue weighted by Gasteiger charge is -2.05. The van der Waals surface area contributed by atoms with Crippen LogP contribution in [0.2, 0.25) is 0 Å². The van der Waals surface area contributed by atoms with Crippen molar-refractivity contribution in [1.29, 1.82) is 0 Å². The molecular formula is C17H16N2O4S. The summed E-state index contributed by atoms with van der Waals surface area (Å²) in [5.74, 6) is 2.51. The summed E-state index contributed by atoms with van der Waals surface area (Å²) in [5.41, 5.74) is 0.691. The molecule has 0 aliphatic rings. The zero-order valence-corrected chi connectivity index (χ0v) is 13.5. The summed E-state index contributed by atoms with van der Waals surface area (Å²) in [7, 11) is -3.63. The van der Waals surface area contributed by atoms with Crippen LogP contribution in [0.5, 0.6) is 0 Å². The Kier molecular flexibility index (Phi) is 5.95. The number of carbonyl (C=O) groups excluding carboxylic acids is 1. The number of furan rings is 1. The van der Waals surface area contributed by atoms with E-state index in [9.17, 15) is 13.2 Å². The molecule has 0 spiro atoms. The standard InChI is InChI=1S/C17H16N2O4S/c1-2-11-18-17(20)10-7-14-5-8-16(9-6-14)24(21,22)19-13-15-4-3-12-23-15/h1,3-10,12,19H,11,13H2,(H,18,20)/b10-7+. The molecule has 124 valence electrons. The van der Waals surface area contributed by atoms with Gasteiger partial charge in [-0.1, -0.05) is 18.1 Å². The van der Waals surface area contributed by atoms with Gasteiger partial charge in [0.1, 0.15) is 5.76 Å². The Morgan fingerprint density at radius 2 is 2.00 bits per heavy atom. The highest BCUT2D eigenvalue weighted by Gasteiger charge is 2.13. The number of hydrogen-bond acceptors (Lipinski definition) is 4. The number of sulfonamides is 1. The normalized spacial score (nSPS) is 11.3. The lowest BCUT2D eigenvalue weighted by Crippen LogP contribution is -2.22. The van der Waals surface area contributed by atoms with Crippen LogP contribution in [-0.2, 0) is 21.4 Å². The molecule has 6 nitrogen and oxygen atoms in total.